The number of aryl methyl sites for hydroxylation is 2. The number of fused-ring (bicyclic) bond motifs is 1. The average molecular weight is 235 g/mol. The second-order valence-electron chi connectivity index (χ2n) is 5.04. The molecule has 0 radical (unpaired) electrons. The van der Waals surface area contributed by atoms with Gasteiger partial charge in [0.05, 0.1) is 12.0 Å². The molecule has 1 aliphatic rings. The van der Waals surface area contributed by atoms with Crippen LogP contribution in [-0.4, -0.2) is 16.6 Å². The van der Waals surface area contributed by atoms with Gasteiger partial charge in [-0.2, -0.15) is 0 Å². The summed E-state index contributed by atoms with van der Waals surface area (Å²) in [7, 11) is 0. The van der Waals surface area contributed by atoms with Gasteiger partial charge in [0.2, 0.25) is 0 Å². The maximum absolute atomic E-state index is 12.0. The van der Waals surface area contributed by atoms with E-state index < -0.39 is 0 Å². The maximum Gasteiger partial charge on any atom is 0.315 e. The molecule has 0 aliphatic carbocycles. The highest BCUT2D eigenvalue weighted by Crippen LogP contribution is 2.31. The molecule has 2 rings (SSSR count). The Hall–Kier alpha value is -1.25. The minimum atomic E-state index is -0.0695. The Labute approximate surface area is 103 Å². The molecule has 0 aromatic carbocycles. The number of hydrogen-bond donors (Lipinski definition) is 0. The van der Waals surface area contributed by atoms with Gasteiger partial charge in [-0.25, -0.2) is 0 Å². The van der Waals surface area contributed by atoms with E-state index in [1.807, 2.05) is 13.8 Å². The van der Waals surface area contributed by atoms with Crippen molar-refractivity contribution < 1.29 is 9.53 Å². The molecule has 0 fully saturated rings. The number of carbonyl (C=O) groups excluding carboxylic acids is 1. The van der Waals surface area contributed by atoms with E-state index in [0.29, 0.717) is 0 Å². The Morgan fingerprint density at radius 1 is 1.59 bits per heavy atom. The van der Waals surface area contributed by atoms with Gasteiger partial charge in [-0.1, -0.05) is 13.3 Å². The van der Waals surface area contributed by atoms with Crippen LogP contribution < -0.4 is 0 Å². The zero-order valence-corrected chi connectivity index (χ0v) is 10.9. The average Bonchev–Trinajstić information content (AvgIpc) is 2.75. The van der Waals surface area contributed by atoms with E-state index >= 15 is 0 Å². The lowest BCUT2D eigenvalue weighted by molar-refractivity contribution is -0.149. The Balaban J connectivity index is 2.12. The Bertz CT molecular complexity index is 406. The summed E-state index contributed by atoms with van der Waals surface area (Å²) in [5, 5.41) is 0. The summed E-state index contributed by atoms with van der Waals surface area (Å²) in [5.74, 6) is -0.122. The number of carbonyl (C=O) groups is 1. The van der Waals surface area contributed by atoms with Crippen LogP contribution in [0.2, 0.25) is 0 Å². The molecular formula is C14H21NO2. The fraction of sp³-hybridized carbons (Fsp3) is 0.643. The van der Waals surface area contributed by atoms with E-state index in [1.165, 1.54) is 5.56 Å². The molecule has 0 saturated heterocycles. The maximum atomic E-state index is 12.0. The highest BCUT2D eigenvalue weighted by molar-refractivity contribution is 5.78. The largest absolute Gasteiger partial charge is 0.462 e. The first-order valence-electron chi connectivity index (χ1n) is 6.51. The molecule has 3 heteroatoms. The summed E-state index contributed by atoms with van der Waals surface area (Å²) < 4.78 is 7.51. The number of rotatable bonds is 4. The molecule has 3 nitrogen and oxygen atoms in total. The van der Waals surface area contributed by atoms with Gasteiger partial charge in [-0.3, -0.25) is 4.79 Å². The standard InChI is InChI=1S/C14H21NO2/c1-4-5-11-8-13-12(6-7-15(13)9-11)14(16)17-10(2)3/h8-10,12H,4-7H2,1-3H3. The molecule has 2 heterocycles. The summed E-state index contributed by atoms with van der Waals surface area (Å²) in [4.78, 5) is 12.0. The number of esters is 1. The van der Waals surface area contributed by atoms with Crippen molar-refractivity contribution in [1.29, 1.82) is 0 Å². The van der Waals surface area contributed by atoms with E-state index in [4.69, 9.17) is 4.74 Å². The highest BCUT2D eigenvalue weighted by atomic mass is 16.5. The number of nitrogens with zero attached hydrogens (tertiary/aromatic N) is 1. The van der Waals surface area contributed by atoms with E-state index in [1.54, 1.807) is 0 Å². The molecular weight excluding hydrogens is 214 g/mol. The van der Waals surface area contributed by atoms with Gasteiger partial charge in [0.15, 0.2) is 0 Å². The van der Waals surface area contributed by atoms with E-state index in [-0.39, 0.29) is 18.0 Å². The summed E-state index contributed by atoms with van der Waals surface area (Å²) >= 11 is 0. The van der Waals surface area contributed by atoms with Crippen LogP contribution >= 0.6 is 0 Å². The molecule has 1 aromatic rings. The minimum absolute atomic E-state index is 0.0263. The molecule has 1 atom stereocenters. The Morgan fingerprint density at radius 2 is 2.35 bits per heavy atom. The molecule has 0 N–H and O–H groups in total. The van der Waals surface area contributed by atoms with Crippen molar-refractivity contribution in [1.82, 2.24) is 4.57 Å². The van der Waals surface area contributed by atoms with Gasteiger partial charge in [0.1, 0.15) is 0 Å². The van der Waals surface area contributed by atoms with Crippen molar-refractivity contribution >= 4 is 5.97 Å². The normalized spacial score (nSPS) is 18.5. The van der Waals surface area contributed by atoms with Crippen molar-refractivity contribution in [2.45, 2.75) is 58.6 Å². The van der Waals surface area contributed by atoms with Gasteiger partial charge in [0.25, 0.3) is 0 Å². The smallest absolute Gasteiger partial charge is 0.315 e. The molecule has 1 aliphatic heterocycles. The Morgan fingerprint density at radius 3 is 3.00 bits per heavy atom. The second kappa shape index (κ2) is 4.94. The minimum Gasteiger partial charge on any atom is -0.462 e. The summed E-state index contributed by atoms with van der Waals surface area (Å²) in [6.45, 7) is 6.91. The second-order valence-corrected chi connectivity index (χ2v) is 5.04. The van der Waals surface area contributed by atoms with Crippen LogP contribution in [0.25, 0.3) is 0 Å². The summed E-state index contributed by atoms with van der Waals surface area (Å²) in [6, 6.07) is 2.17. The van der Waals surface area contributed by atoms with Gasteiger partial charge in [-0.15, -0.1) is 0 Å². The molecule has 0 bridgehead atoms. The fourth-order valence-electron chi connectivity index (χ4n) is 2.47. The molecule has 0 saturated carbocycles. The summed E-state index contributed by atoms with van der Waals surface area (Å²) in [5.41, 5.74) is 2.48. The monoisotopic (exact) mass is 235 g/mol. The van der Waals surface area contributed by atoms with Gasteiger partial charge < -0.3 is 9.30 Å². The fourth-order valence-corrected chi connectivity index (χ4v) is 2.47. The van der Waals surface area contributed by atoms with Gasteiger partial charge in [0, 0.05) is 18.4 Å². The van der Waals surface area contributed by atoms with E-state index in [0.717, 1.165) is 31.5 Å². The molecule has 1 aromatic heterocycles. The predicted molar refractivity (Wildman–Crippen MR) is 67.0 cm³/mol. The van der Waals surface area contributed by atoms with Crippen molar-refractivity contribution in [2.75, 3.05) is 0 Å². The highest BCUT2D eigenvalue weighted by Gasteiger charge is 2.31. The van der Waals surface area contributed by atoms with Crippen molar-refractivity contribution in [3.63, 3.8) is 0 Å². The van der Waals surface area contributed by atoms with Crippen LogP contribution in [0.3, 0.4) is 0 Å². The van der Waals surface area contributed by atoms with E-state index in [9.17, 15) is 4.79 Å². The quantitative estimate of drug-likeness (QED) is 0.751. The molecule has 17 heavy (non-hydrogen) atoms. The van der Waals surface area contributed by atoms with Crippen LogP contribution in [0.4, 0.5) is 0 Å². The first-order chi connectivity index (χ1) is 8.11. The lowest BCUT2D eigenvalue weighted by Crippen LogP contribution is -2.17. The zero-order chi connectivity index (χ0) is 12.4. The van der Waals surface area contributed by atoms with Gasteiger partial charge in [-0.05, 0) is 38.3 Å². The third-order valence-corrected chi connectivity index (χ3v) is 3.18. The molecule has 0 spiro atoms. The lowest BCUT2D eigenvalue weighted by Gasteiger charge is -2.12. The number of ether oxygens (including phenoxy) is 1. The third kappa shape index (κ3) is 2.54. The third-order valence-electron chi connectivity index (χ3n) is 3.18. The molecule has 94 valence electrons. The Kier molecular flexibility index (Phi) is 3.55. The van der Waals surface area contributed by atoms with E-state index in [2.05, 4.69) is 23.8 Å². The lowest BCUT2D eigenvalue weighted by atomic mass is 10.0. The molecule has 1 unspecified atom stereocenters. The zero-order valence-electron chi connectivity index (χ0n) is 10.9. The predicted octanol–water partition coefficient (Wildman–Crippen LogP) is 2.88. The van der Waals surface area contributed by atoms with Gasteiger partial charge >= 0.3 is 5.97 Å². The van der Waals surface area contributed by atoms with Crippen LogP contribution in [0.1, 0.15) is 50.8 Å². The van der Waals surface area contributed by atoms with Crippen LogP contribution in [0.5, 0.6) is 0 Å². The topological polar surface area (TPSA) is 31.2 Å². The molecule has 0 amide bonds. The SMILES string of the molecule is CCCc1cc2n(c1)CCC2C(=O)OC(C)C. The summed E-state index contributed by atoms with van der Waals surface area (Å²) in [6.07, 6.45) is 5.27. The van der Waals surface area contributed by atoms with Crippen molar-refractivity contribution in [3.05, 3.63) is 23.5 Å². The number of hydrogen-bond acceptors (Lipinski definition) is 2. The van der Waals surface area contributed by atoms with Crippen molar-refractivity contribution in [2.24, 2.45) is 0 Å². The van der Waals surface area contributed by atoms with Crippen molar-refractivity contribution in [3.8, 4) is 0 Å². The number of aromatic nitrogens is 1. The van der Waals surface area contributed by atoms with Crippen LogP contribution in [0, 0.1) is 0 Å². The van der Waals surface area contributed by atoms with Crippen LogP contribution in [-0.2, 0) is 22.5 Å². The first-order valence-corrected chi connectivity index (χ1v) is 6.51. The first kappa shape index (κ1) is 12.2. The van der Waals surface area contributed by atoms with Crippen LogP contribution in [0.15, 0.2) is 12.3 Å².